The number of nitrogens with one attached hydrogen (secondary N) is 1. The summed E-state index contributed by atoms with van der Waals surface area (Å²) < 4.78 is 4.99. The fraction of sp³-hybridized carbons (Fsp3) is 0.545. The van der Waals surface area contributed by atoms with Crippen LogP contribution in [0.5, 0.6) is 0 Å². The van der Waals surface area contributed by atoms with E-state index in [1.54, 1.807) is 31.5 Å². The topological polar surface area (TPSA) is 45.5 Å². The van der Waals surface area contributed by atoms with Gasteiger partial charge in [-0.1, -0.05) is 0 Å². The summed E-state index contributed by atoms with van der Waals surface area (Å²) >= 11 is 0. The molecule has 1 N–H and O–H groups in total. The summed E-state index contributed by atoms with van der Waals surface area (Å²) in [6, 6.07) is 2.14. The fourth-order valence-electron chi connectivity index (χ4n) is 1.26. The molecule has 1 unspecified atom stereocenters. The predicted molar refractivity (Wildman–Crippen MR) is 58.4 cm³/mol. The van der Waals surface area contributed by atoms with Crippen molar-refractivity contribution in [3.8, 4) is 0 Å². The lowest BCUT2D eigenvalue weighted by atomic mass is 10.2. The Morgan fingerprint density at radius 1 is 1.60 bits per heavy atom. The quantitative estimate of drug-likeness (QED) is 0.799. The first-order valence-corrected chi connectivity index (χ1v) is 5.07. The van der Waals surface area contributed by atoms with E-state index in [1.807, 2.05) is 13.0 Å². The van der Waals surface area contributed by atoms with Crippen molar-refractivity contribution in [3.63, 3.8) is 0 Å². The molecule has 0 saturated carbocycles. The maximum Gasteiger partial charge on any atom is 0.223 e. The maximum absolute atomic E-state index is 11.3. The van der Waals surface area contributed by atoms with Crippen LogP contribution in [0.3, 0.4) is 0 Å². The molecule has 0 bridgehead atoms. The third-order valence-electron chi connectivity index (χ3n) is 2.33. The Balaban J connectivity index is 2.24. The van der Waals surface area contributed by atoms with Gasteiger partial charge >= 0.3 is 0 Å². The van der Waals surface area contributed by atoms with Crippen LogP contribution in [-0.4, -0.2) is 31.4 Å². The lowest BCUT2D eigenvalue weighted by Gasteiger charge is -2.13. The fourth-order valence-corrected chi connectivity index (χ4v) is 1.26. The molecule has 0 fully saturated rings. The summed E-state index contributed by atoms with van der Waals surface area (Å²) in [5, 5.41) is 3.26. The Morgan fingerprint density at radius 3 is 2.87 bits per heavy atom. The van der Waals surface area contributed by atoms with Crippen molar-refractivity contribution in [1.82, 2.24) is 10.2 Å². The van der Waals surface area contributed by atoms with E-state index in [-0.39, 0.29) is 11.9 Å². The van der Waals surface area contributed by atoms with Gasteiger partial charge in [0.15, 0.2) is 0 Å². The molecule has 0 spiro atoms. The van der Waals surface area contributed by atoms with Crippen molar-refractivity contribution in [2.45, 2.75) is 19.4 Å². The molecule has 4 heteroatoms. The molecular formula is C11H18N2O2. The molecule has 84 valence electrons. The zero-order valence-corrected chi connectivity index (χ0v) is 9.49. The summed E-state index contributed by atoms with van der Waals surface area (Å²) in [7, 11) is 3.53. The van der Waals surface area contributed by atoms with E-state index < -0.39 is 0 Å². The van der Waals surface area contributed by atoms with E-state index in [2.05, 4.69) is 5.32 Å². The molecule has 1 atom stereocenters. The van der Waals surface area contributed by atoms with Crippen LogP contribution in [0, 0.1) is 0 Å². The number of rotatable bonds is 5. The highest BCUT2D eigenvalue weighted by atomic mass is 16.3. The average Bonchev–Trinajstić information content (AvgIpc) is 2.70. The van der Waals surface area contributed by atoms with E-state index in [0.29, 0.717) is 13.0 Å². The first-order valence-electron chi connectivity index (χ1n) is 5.07. The number of hydrogen-bond acceptors (Lipinski definition) is 3. The molecular weight excluding hydrogens is 192 g/mol. The van der Waals surface area contributed by atoms with Crippen molar-refractivity contribution >= 4 is 5.91 Å². The van der Waals surface area contributed by atoms with E-state index in [4.69, 9.17) is 4.42 Å². The molecule has 1 amide bonds. The van der Waals surface area contributed by atoms with Gasteiger partial charge in [-0.15, -0.1) is 0 Å². The van der Waals surface area contributed by atoms with Gasteiger partial charge in [0.25, 0.3) is 0 Å². The van der Waals surface area contributed by atoms with Crippen LogP contribution in [0.2, 0.25) is 0 Å². The minimum atomic E-state index is 0.141. The standard InChI is InChI=1S/C11H18N2O2/c1-9(10-5-7-15-8-10)12-6-4-11(14)13(2)3/h5,7-9,12H,4,6H2,1-3H3. The lowest BCUT2D eigenvalue weighted by Crippen LogP contribution is -2.27. The van der Waals surface area contributed by atoms with Gasteiger partial charge in [0.1, 0.15) is 0 Å². The largest absolute Gasteiger partial charge is 0.472 e. The second-order valence-corrected chi connectivity index (χ2v) is 3.77. The van der Waals surface area contributed by atoms with Crippen LogP contribution in [0.25, 0.3) is 0 Å². The second-order valence-electron chi connectivity index (χ2n) is 3.77. The van der Waals surface area contributed by atoms with Crippen LogP contribution in [-0.2, 0) is 4.79 Å². The summed E-state index contributed by atoms with van der Waals surface area (Å²) in [6.45, 7) is 2.73. The average molecular weight is 210 g/mol. The molecule has 0 aliphatic rings. The minimum Gasteiger partial charge on any atom is -0.472 e. The smallest absolute Gasteiger partial charge is 0.223 e. The SMILES string of the molecule is CC(NCCC(=O)N(C)C)c1ccoc1. The number of carbonyl (C=O) groups excluding carboxylic acids is 1. The second kappa shape index (κ2) is 5.56. The van der Waals surface area contributed by atoms with Crippen LogP contribution >= 0.6 is 0 Å². The van der Waals surface area contributed by atoms with Crippen molar-refractivity contribution in [2.24, 2.45) is 0 Å². The van der Waals surface area contributed by atoms with Gasteiger partial charge in [-0.25, -0.2) is 0 Å². The Labute approximate surface area is 90.3 Å². The van der Waals surface area contributed by atoms with Gasteiger partial charge in [0, 0.05) is 38.7 Å². The maximum atomic E-state index is 11.3. The molecule has 1 aromatic rings. The van der Waals surface area contributed by atoms with E-state index in [9.17, 15) is 4.79 Å². The van der Waals surface area contributed by atoms with Crippen LogP contribution in [0.4, 0.5) is 0 Å². The highest BCUT2D eigenvalue weighted by Crippen LogP contribution is 2.11. The monoisotopic (exact) mass is 210 g/mol. The molecule has 15 heavy (non-hydrogen) atoms. The molecule has 4 nitrogen and oxygen atoms in total. The van der Waals surface area contributed by atoms with Gasteiger partial charge in [-0.2, -0.15) is 0 Å². The Kier molecular flexibility index (Phi) is 4.37. The van der Waals surface area contributed by atoms with Crippen LogP contribution < -0.4 is 5.32 Å². The lowest BCUT2D eigenvalue weighted by molar-refractivity contribution is -0.128. The number of carbonyl (C=O) groups is 1. The molecule has 0 aliphatic heterocycles. The summed E-state index contributed by atoms with van der Waals surface area (Å²) in [5.74, 6) is 0.141. The van der Waals surface area contributed by atoms with Crippen molar-refractivity contribution in [2.75, 3.05) is 20.6 Å². The number of furan rings is 1. The predicted octanol–water partition coefficient (Wildman–Crippen LogP) is 1.41. The van der Waals surface area contributed by atoms with Crippen molar-refractivity contribution < 1.29 is 9.21 Å². The number of hydrogen-bond donors (Lipinski definition) is 1. The van der Waals surface area contributed by atoms with E-state index in [1.165, 1.54) is 0 Å². The Morgan fingerprint density at radius 2 is 2.33 bits per heavy atom. The van der Waals surface area contributed by atoms with E-state index >= 15 is 0 Å². The Hall–Kier alpha value is -1.29. The molecule has 1 heterocycles. The molecule has 0 saturated heterocycles. The van der Waals surface area contributed by atoms with Crippen LogP contribution in [0.1, 0.15) is 24.9 Å². The zero-order valence-electron chi connectivity index (χ0n) is 9.49. The Bertz CT molecular complexity index is 294. The number of amides is 1. The third kappa shape index (κ3) is 3.75. The zero-order chi connectivity index (χ0) is 11.3. The van der Waals surface area contributed by atoms with Crippen LogP contribution in [0.15, 0.2) is 23.0 Å². The summed E-state index contributed by atoms with van der Waals surface area (Å²) in [5.41, 5.74) is 1.10. The third-order valence-corrected chi connectivity index (χ3v) is 2.33. The summed E-state index contributed by atoms with van der Waals surface area (Å²) in [6.07, 6.45) is 3.89. The molecule has 1 aromatic heterocycles. The molecule has 0 aromatic carbocycles. The molecule has 1 rings (SSSR count). The van der Waals surface area contributed by atoms with Gasteiger partial charge < -0.3 is 14.6 Å². The van der Waals surface area contributed by atoms with Gasteiger partial charge in [-0.3, -0.25) is 4.79 Å². The molecule has 0 radical (unpaired) electrons. The minimum absolute atomic E-state index is 0.141. The normalized spacial score (nSPS) is 12.5. The first kappa shape index (κ1) is 11.8. The number of nitrogens with zero attached hydrogens (tertiary/aromatic N) is 1. The highest BCUT2D eigenvalue weighted by Gasteiger charge is 2.07. The van der Waals surface area contributed by atoms with Gasteiger partial charge in [0.05, 0.1) is 12.5 Å². The van der Waals surface area contributed by atoms with E-state index in [0.717, 1.165) is 5.56 Å². The van der Waals surface area contributed by atoms with Gasteiger partial charge in [-0.05, 0) is 13.0 Å². The van der Waals surface area contributed by atoms with Crippen molar-refractivity contribution in [1.29, 1.82) is 0 Å². The molecule has 0 aliphatic carbocycles. The first-order chi connectivity index (χ1) is 7.11. The summed E-state index contributed by atoms with van der Waals surface area (Å²) in [4.78, 5) is 12.9. The highest BCUT2D eigenvalue weighted by molar-refractivity contribution is 5.75. The van der Waals surface area contributed by atoms with Gasteiger partial charge in [0.2, 0.25) is 5.91 Å². The van der Waals surface area contributed by atoms with Crippen molar-refractivity contribution in [3.05, 3.63) is 24.2 Å².